The Labute approximate surface area is 134 Å². The molecule has 0 spiro atoms. The highest BCUT2D eigenvalue weighted by molar-refractivity contribution is 7.80. The van der Waals surface area contributed by atoms with Crippen molar-refractivity contribution in [3.63, 3.8) is 0 Å². The number of guanidine groups is 1. The summed E-state index contributed by atoms with van der Waals surface area (Å²) in [6, 6.07) is 0. The summed E-state index contributed by atoms with van der Waals surface area (Å²) >= 11 is 4.17. The van der Waals surface area contributed by atoms with Crippen LogP contribution in [0.3, 0.4) is 0 Å². The first-order valence-corrected chi connectivity index (χ1v) is 7.53. The highest BCUT2D eigenvalue weighted by atomic mass is 32.1. The zero-order valence-electron chi connectivity index (χ0n) is 12.6. The summed E-state index contributed by atoms with van der Waals surface area (Å²) in [5, 5.41) is 2.88. The van der Waals surface area contributed by atoms with E-state index in [0.29, 0.717) is 18.7 Å². The number of aromatic nitrogens is 2. The highest BCUT2D eigenvalue weighted by Gasteiger charge is 2.29. The number of nitrogens with two attached hydrogens (primary N) is 1. The fourth-order valence-electron chi connectivity index (χ4n) is 2.25. The van der Waals surface area contributed by atoms with Crippen LogP contribution in [0.25, 0.3) is 0 Å². The van der Waals surface area contributed by atoms with Crippen molar-refractivity contribution in [2.45, 2.75) is 37.5 Å². The predicted molar refractivity (Wildman–Crippen MR) is 86.3 cm³/mol. The first kappa shape index (κ1) is 16.8. The normalized spacial score (nSPS) is 23.5. The molecule has 2 rings (SSSR count). The summed E-state index contributed by atoms with van der Waals surface area (Å²) < 4.78 is 13.1. The van der Waals surface area contributed by atoms with Crippen LogP contribution in [-0.2, 0) is 9.47 Å². The molecule has 1 saturated heterocycles. The molecule has 1 fully saturated rings. The molecular formula is C13H21N5O3S. The van der Waals surface area contributed by atoms with Crippen LogP contribution in [-0.4, -0.2) is 47.0 Å². The molecule has 22 heavy (non-hydrogen) atoms. The zero-order valence-corrected chi connectivity index (χ0v) is 13.5. The Morgan fingerprint density at radius 1 is 1.77 bits per heavy atom. The van der Waals surface area contributed by atoms with Gasteiger partial charge in [0.05, 0.1) is 24.5 Å². The van der Waals surface area contributed by atoms with Gasteiger partial charge in [-0.25, -0.2) is 4.98 Å². The smallest absolute Gasteiger partial charge is 0.194 e. The van der Waals surface area contributed by atoms with Crippen molar-refractivity contribution in [1.82, 2.24) is 9.55 Å². The lowest BCUT2D eigenvalue weighted by atomic mass is 10.2. The average Bonchev–Trinajstić information content (AvgIpc) is 3.11. The molecule has 3 N–H and O–H groups in total. The molecule has 0 radical (unpaired) electrons. The average molecular weight is 327 g/mol. The Balaban J connectivity index is 2.09. The van der Waals surface area contributed by atoms with E-state index in [4.69, 9.17) is 15.2 Å². The number of carbonyl (C=O) groups is 1. The first-order chi connectivity index (χ1) is 10.5. The number of carbonyl (C=O) groups excluding carboxylic acids is 1. The molecular weight excluding hydrogens is 306 g/mol. The van der Waals surface area contributed by atoms with Crippen molar-refractivity contribution in [2.24, 2.45) is 10.7 Å². The third-order valence-electron chi connectivity index (χ3n) is 3.34. The molecule has 1 aromatic heterocycles. The van der Waals surface area contributed by atoms with Crippen LogP contribution in [0.5, 0.6) is 0 Å². The van der Waals surface area contributed by atoms with E-state index in [2.05, 4.69) is 27.9 Å². The molecule has 0 amide bonds. The molecule has 122 valence electrons. The summed E-state index contributed by atoms with van der Waals surface area (Å²) in [4.78, 5) is 19.0. The lowest BCUT2D eigenvalue weighted by Gasteiger charge is -2.18. The Hall–Kier alpha value is -1.58. The van der Waals surface area contributed by atoms with E-state index in [1.807, 2.05) is 6.92 Å². The van der Waals surface area contributed by atoms with Crippen LogP contribution in [0.1, 0.15) is 36.5 Å². The number of ether oxygens (including phenoxy) is 2. The van der Waals surface area contributed by atoms with E-state index in [-0.39, 0.29) is 29.4 Å². The van der Waals surface area contributed by atoms with Gasteiger partial charge >= 0.3 is 0 Å². The van der Waals surface area contributed by atoms with Crippen LogP contribution >= 0.6 is 12.6 Å². The number of imidazole rings is 1. The van der Waals surface area contributed by atoms with E-state index in [1.54, 1.807) is 17.9 Å². The maximum absolute atomic E-state index is 11.1. The summed E-state index contributed by atoms with van der Waals surface area (Å²) in [5.74, 6) is 0.680. The van der Waals surface area contributed by atoms with Crippen molar-refractivity contribution in [3.8, 4) is 0 Å². The molecule has 0 bridgehead atoms. The topological polar surface area (TPSA) is 104 Å². The van der Waals surface area contributed by atoms with Crippen LogP contribution in [0, 0.1) is 0 Å². The summed E-state index contributed by atoms with van der Waals surface area (Å²) in [6.07, 6.45) is 3.64. The summed E-state index contributed by atoms with van der Waals surface area (Å²) in [5.41, 5.74) is 5.81. The second-order valence-corrected chi connectivity index (χ2v) is 5.69. The standard InChI is InChI=1S/C13H21N5O3S/c1-8(22)20-6-9-3-4-11(21-9)18-7-16-10(5-19)12(18)17-13(14)15-2/h5,7-9,11,22H,3-4,6H2,1-2H3,(H3,14,15,17). The Morgan fingerprint density at radius 3 is 3.18 bits per heavy atom. The van der Waals surface area contributed by atoms with Gasteiger partial charge in [0.15, 0.2) is 12.2 Å². The lowest BCUT2D eigenvalue weighted by molar-refractivity contribution is -0.0426. The second kappa shape index (κ2) is 7.61. The Morgan fingerprint density at radius 2 is 2.55 bits per heavy atom. The SMILES string of the molecule is CN=C(N)Nc1c(C=O)ncn1C1CCC(COC(C)S)O1. The molecule has 1 aliphatic rings. The van der Waals surface area contributed by atoms with E-state index in [0.717, 1.165) is 12.8 Å². The van der Waals surface area contributed by atoms with Crippen LogP contribution in [0.15, 0.2) is 11.3 Å². The Kier molecular flexibility index (Phi) is 5.81. The molecule has 8 nitrogen and oxygen atoms in total. The van der Waals surface area contributed by atoms with Gasteiger partial charge in [-0.05, 0) is 19.8 Å². The van der Waals surface area contributed by atoms with Crippen molar-refractivity contribution in [2.75, 3.05) is 19.0 Å². The predicted octanol–water partition coefficient (Wildman–Crippen LogP) is 1.02. The molecule has 2 heterocycles. The number of hydrogen-bond acceptors (Lipinski definition) is 6. The lowest BCUT2D eigenvalue weighted by Crippen LogP contribution is -2.25. The number of rotatable bonds is 6. The fraction of sp³-hybridized carbons (Fsp3) is 0.615. The van der Waals surface area contributed by atoms with Crippen LogP contribution < -0.4 is 11.1 Å². The van der Waals surface area contributed by atoms with Gasteiger partial charge in [0, 0.05) is 7.05 Å². The molecule has 3 unspecified atom stereocenters. The van der Waals surface area contributed by atoms with Gasteiger partial charge in [0.2, 0.25) is 0 Å². The molecule has 3 atom stereocenters. The van der Waals surface area contributed by atoms with Gasteiger partial charge < -0.3 is 20.5 Å². The van der Waals surface area contributed by atoms with Gasteiger partial charge in [-0.3, -0.25) is 14.4 Å². The monoisotopic (exact) mass is 327 g/mol. The van der Waals surface area contributed by atoms with Crippen molar-refractivity contribution in [3.05, 3.63) is 12.0 Å². The second-order valence-electron chi connectivity index (χ2n) is 4.96. The van der Waals surface area contributed by atoms with Crippen LogP contribution in [0.4, 0.5) is 5.82 Å². The van der Waals surface area contributed by atoms with Gasteiger partial charge in [-0.15, -0.1) is 12.6 Å². The minimum atomic E-state index is -0.225. The summed E-state index contributed by atoms with van der Waals surface area (Å²) in [7, 11) is 1.56. The largest absolute Gasteiger partial charge is 0.370 e. The third kappa shape index (κ3) is 3.99. The van der Waals surface area contributed by atoms with Crippen molar-refractivity contribution >= 4 is 30.7 Å². The molecule has 9 heteroatoms. The fourth-order valence-corrected chi connectivity index (χ4v) is 2.33. The van der Waals surface area contributed by atoms with E-state index < -0.39 is 0 Å². The van der Waals surface area contributed by atoms with Gasteiger partial charge in [-0.2, -0.15) is 0 Å². The van der Waals surface area contributed by atoms with Gasteiger partial charge in [-0.1, -0.05) is 0 Å². The number of aldehydes is 1. The first-order valence-electron chi connectivity index (χ1n) is 7.01. The highest BCUT2D eigenvalue weighted by Crippen LogP contribution is 2.32. The van der Waals surface area contributed by atoms with Crippen LogP contribution in [0.2, 0.25) is 0 Å². The molecule has 1 aromatic rings. The van der Waals surface area contributed by atoms with E-state index >= 15 is 0 Å². The van der Waals surface area contributed by atoms with E-state index in [1.165, 1.54) is 0 Å². The van der Waals surface area contributed by atoms with Gasteiger partial charge in [0.1, 0.15) is 17.7 Å². The number of aliphatic imine (C=N–C) groups is 1. The van der Waals surface area contributed by atoms with Crippen molar-refractivity contribution in [1.29, 1.82) is 0 Å². The van der Waals surface area contributed by atoms with Crippen molar-refractivity contribution < 1.29 is 14.3 Å². The number of nitrogens with zero attached hydrogens (tertiary/aromatic N) is 3. The molecule has 1 aliphatic heterocycles. The molecule has 0 aliphatic carbocycles. The maximum Gasteiger partial charge on any atom is 0.194 e. The zero-order chi connectivity index (χ0) is 16.1. The third-order valence-corrected chi connectivity index (χ3v) is 3.49. The van der Waals surface area contributed by atoms with E-state index in [9.17, 15) is 4.79 Å². The molecule has 0 saturated carbocycles. The molecule has 0 aromatic carbocycles. The van der Waals surface area contributed by atoms with Gasteiger partial charge in [0.25, 0.3) is 0 Å². The number of anilines is 1. The Bertz CT molecular complexity index is 546. The minimum absolute atomic E-state index is 0.00767. The number of nitrogens with one attached hydrogen (secondary N) is 1. The number of thiol groups is 1. The minimum Gasteiger partial charge on any atom is -0.370 e. The maximum atomic E-state index is 11.1. The summed E-state index contributed by atoms with van der Waals surface area (Å²) in [6.45, 7) is 2.34. The quantitative estimate of drug-likeness (QED) is 0.237. The number of hydrogen-bond donors (Lipinski definition) is 3.